The molecule has 0 radical (unpaired) electrons. The fourth-order valence-electron chi connectivity index (χ4n) is 1.65. The highest BCUT2D eigenvalue weighted by Crippen LogP contribution is 2.33. The van der Waals surface area contributed by atoms with E-state index in [-0.39, 0.29) is 0 Å². The maximum atomic E-state index is 4.17. The van der Waals surface area contributed by atoms with Crippen LogP contribution in [0.25, 0.3) is 0 Å². The first-order valence-electron chi connectivity index (χ1n) is 5.68. The molecule has 0 aliphatic carbocycles. The zero-order valence-corrected chi connectivity index (χ0v) is 13.4. The Morgan fingerprint density at radius 1 is 1.50 bits per heavy atom. The molecule has 1 heterocycles. The van der Waals surface area contributed by atoms with E-state index in [9.17, 15) is 0 Å². The van der Waals surface area contributed by atoms with E-state index in [1.165, 1.54) is 22.0 Å². The fraction of sp³-hybridized carbons (Fsp3) is 0.333. The summed E-state index contributed by atoms with van der Waals surface area (Å²) >= 11 is 6.69. The minimum atomic E-state index is 0.352. The first-order chi connectivity index (χ1) is 8.70. The highest BCUT2D eigenvalue weighted by Gasteiger charge is 2.09. The summed E-state index contributed by atoms with van der Waals surface area (Å²) in [6.45, 7) is 5.25. The summed E-state index contributed by atoms with van der Waals surface area (Å²) in [6.07, 6.45) is 1.59. The molecule has 0 bridgehead atoms. The second-order valence-corrected chi connectivity index (χ2v) is 6.73. The Morgan fingerprint density at radius 3 is 2.94 bits per heavy atom. The SMILES string of the molecule is CCNC(C)c1ccc(Sc2ncns2)cc1Br. The lowest BCUT2D eigenvalue weighted by Gasteiger charge is -2.15. The highest BCUT2D eigenvalue weighted by molar-refractivity contribution is 9.10. The van der Waals surface area contributed by atoms with E-state index < -0.39 is 0 Å². The molecule has 2 rings (SSSR count). The van der Waals surface area contributed by atoms with Gasteiger partial charge in [0, 0.05) is 15.4 Å². The van der Waals surface area contributed by atoms with Gasteiger partial charge in [-0.05, 0) is 42.7 Å². The van der Waals surface area contributed by atoms with E-state index >= 15 is 0 Å². The van der Waals surface area contributed by atoms with Gasteiger partial charge in [-0.1, -0.05) is 40.7 Å². The van der Waals surface area contributed by atoms with Crippen molar-refractivity contribution in [3.05, 3.63) is 34.6 Å². The van der Waals surface area contributed by atoms with Crippen LogP contribution in [0.1, 0.15) is 25.5 Å². The van der Waals surface area contributed by atoms with E-state index in [0.717, 1.165) is 15.4 Å². The third-order valence-electron chi connectivity index (χ3n) is 2.49. The van der Waals surface area contributed by atoms with Crippen molar-refractivity contribution in [2.24, 2.45) is 0 Å². The Bertz CT molecular complexity index is 502. The van der Waals surface area contributed by atoms with Gasteiger partial charge in [0.15, 0.2) is 4.34 Å². The molecule has 0 spiro atoms. The summed E-state index contributed by atoms with van der Waals surface area (Å²) in [6, 6.07) is 6.76. The first-order valence-corrected chi connectivity index (χ1v) is 8.06. The van der Waals surface area contributed by atoms with Crippen molar-refractivity contribution >= 4 is 39.2 Å². The summed E-state index contributed by atoms with van der Waals surface area (Å²) in [5, 5.41) is 3.41. The van der Waals surface area contributed by atoms with Crippen LogP contribution in [-0.4, -0.2) is 15.9 Å². The molecule has 6 heteroatoms. The number of rotatable bonds is 5. The molecule has 1 aromatic carbocycles. The Hall–Kier alpha value is -0.430. The lowest BCUT2D eigenvalue weighted by atomic mass is 10.1. The van der Waals surface area contributed by atoms with Crippen LogP contribution in [0, 0.1) is 0 Å². The zero-order valence-electron chi connectivity index (χ0n) is 10.2. The number of nitrogens with zero attached hydrogens (tertiary/aromatic N) is 2. The highest BCUT2D eigenvalue weighted by atomic mass is 79.9. The van der Waals surface area contributed by atoms with Gasteiger partial charge in [0.2, 0.25) is 0 Å². The second kappa shape index (κ2) is 6.65. The van der Waals surface area contributed by atoms with Crippen LogP contribution in [0.5, 0.6) is 0 Å². The van der Waals surface area contributed by atoms with E-state index in [1.54, 1.807) is 18.1 Å². The molecule has 1 N–H and O–H groups in total. The van der Waals surface area contributed by atoms with Gasteiger partial charge in [-0.3, -0.25) is 0 Å². The smallest absolute Gasteiger partial charge is 0.174 e. The van der Waals surface area contributed by atoms with Gasteiger partial charge < -0.3 is 5.32 Å². The number of aromatic nitrogens is 2. The van der Waals surface area contributed by atoms with Gasteiger partial charge >= 0.3 is 0 Å². The molecule has 3 nitrogen and oxygen atoms in total. The van der Waals surface area contributed by atoms with Gasteiger partial charge in [-0.15, -0.1) is 0 Å². The molecule has 0 fully saturated rings. The van der Waals surface area contributed by atoms with Crippen LogP contribution in [-0.2, 0) is 0 Å². The van der Waals surface area contributed by atoms with Crippen molar-refractivity contribution < 1.29 is 0 Å². The van der Waals surface area contributed by atoms with Crippen LogP contribution in [0.2, 0.25) is 0 Å². The Morgan fingerprint density at radius 2 is 2.33 bits per heavy atom. The number of nitrogens with one attached hydrogen (secondary N) is 1. The summed E-state index contributed by atoms with van der Waals surface area (Å²) in [5.74, 6) is 0. The lowest BCUT2D eigenvalue weighted by molar-refractivity contribution is 0.595. The van der Waals surface area contributed by atoms with Crippen molar-refractivity contribution in [2.75, 3.05) is 6.54 Å². The van der Waals surface area contributed by atoms with Crippen molar-refractivity contribution in [3.63, 3.8) is 0 Å². The fourth-order valence-corrected chi connectivity index (χ4v) is 3.98. The predicted octanol–water partition coefficient (Wildman–Crippen LogP) is 4.12. The maximum Gasteiger partial charge on any atom is 0.174 e. The van der Waals surface area contributed by atoms with Gasteiger partial charge in [-0.25, -0.2) is 4.98 Å². The quantitative estimate of drug-likeness (QED) is 0.885. The molecule has 18 heavy (non-hydrogen) atoms. The third-order valence-corrected chi connectivity index (χ3v) is 4.89. The number of benzene rings is 1. The molecular formula is C12H14BrN3S2. The van der Waals surface area contributed by atoms with Crippen LogP contribution < -0.4 is 5.32 Å². The van der Waals surface area contributed by atoms with Crippen LogP contribution >= 0.6 is 39.2 Å². The Balaban J connectivity index is 2.14. The number of halogens is 1. The average Bonchev–Trinajstić information content (AvgIpc) is 2.82. The molecule has 0 aliphatic heterocycles. The van der Waals surface area contributed by atoms with Crippen molar-refractivity contribution in [3.8, 4) is 0 Å². The van der Waals surface area contributed by atoms with Crippen LogP contribution in [0.3, 0.4) is 0 Å². The second-order valence-electron chi connectivity index (χ2n) is 3.77. The van der Waals surface area contributed by atoms with E-state index in [2.05, 4.69) is 62.7 Å². The maximum absolute atomic E-state index is 4.17. The van der Waals surface area contributed by atoms with Gasteiger partial charge in [-0.2, -0.15) is 4.37 Å². The van der Waals surface area contributed by atoms with Gasteiger partial charge in [0.1, 0.15) is 6.33 Å². The molecule has 2 aromatic rings. The van der Waals surface area contributed by atoms with E-state index in [4.69, 9.17) is 0 Å². The molecule has 96 valence electrons. The molecule has 0 amide bonds. The molecule has 1 atom stereocenters. The lowest BCUT2D eigenvalue weighted by Crippen LogP contribution is -2.17. The third kappa shape index (κ3) is 3.54. The van der Waals surface area contributed by atoms with Gasteiger partial charge in [0.25, 0.3) is 0 Å². The first kappa shape index (κ1) is 14.0. The summed E-state index contributed by atoms with van der Waals surface area (Å²) in [4.78, 5) is 5.34. The minimum Gasteiger partial charge on any atom is -0.310 e. The Labute approximate surface area is 124 Å². The van der Waals surface area contributed by atoms with Gasteiger partial charge in [0.05, 0.1) is 0 Å². The zero-order chi connectivity index (χ0) is 13.0. The normalized spacial score (nSPS) is 12.6. The monoisotopic (exact) mass is 343 g/mol. The molecule has 0 saturated heterocycles. The standard InChI is InChI=1S/C12H14BrN3S2/c1-3-14-8(2)10-5-4-9(6-11(10)13)17-12-15-7-16-18-12/h4-8,14H,3H2,1-2H3. The molecule has 1 unspecified atom stereocenters. The number of hydrogen-bond donors (Lipinski definition) is 1. The predicted molar refractivity (Wildman–Crippen MR) is 80.3 cm³/mol. The van der Waals surface area contributed by atoms with Crippen molar-refractivity contribution in [2.45, 2.75) is 29.1 Å². The molecule has 0 aliphatic rings. The summed E-state index contributed by atoms with van der Waals surface area (Å²) < 4.78 is 6.10. The average molecular weight is 344 g/mol. The van der Waals surface area contributed by atoms with Crippen molar-refractivity contribution in [1.29, 1.82) is 0 Å². The molecule has 0 saturated carbocycles. The van der Waals surface area contributed by atoms with Crippen LogP contribution in [0.4, 0.5) is 0 Å². The largest absolute Gasteiger partial charge is 0.310 e. The summed E-state index contributed by atoms with van der Waals surface area (Å²) in [5.41, 5.74) is 1.28. The minimum absolute atomic E-state index is 0.352. The van der Waals surface area contributed by atoms with Crippen LogP contribution in [0.15, 0.2) is 38.2 Å². The Kier molecular flexibility index (Phi) is 5.17. The van der Waals surface area contributed by atoms with E-state index in [0.29, 0.717) is 6.04 Å². The number of hydrogen-bond acceptors (Lipinski definition) is 5. The summed E-state index contributed by atoms with van der Waals surface area (Å²) in [7, 11) is 0. The topological polar surface area (TPSA) is 37.8 Å². The molecular weight excluding hydrogens is 330 g/mol. The van der Waals surface area contributed by atoms with Crippen molar-refractivity contribution in [1.82, 2.24) is 14.7 Å². The molecule has 1 aromatic heterocycles. The van der Waals surface area contributed by atoms with E-state index in [1.807, 2.05) is 0 Å².